The molecule has 1 aromatic rings. The Bertz CT molecular complexity index is 509. The summed E-state index contributed by atoms with van der Waals surface area (Å²) in [5, 5.41) is 15.3. The number of hydrogen-bond donors (Lipinski definition) is 2. The SMILES string of the molecule is N#CN1CCC2(CNc3cccnc3NC2)C1=O. The second-order valence-corrected chi connectivity index (χ2v) is 4.69. The molecule has 0 aromatic carbocycles. The number of nitrogens with zero attached hydrogens (tertiary/aromatic N) is 3. The molecular formula is C12H13N5O. The third-order valence-corrected chi connectivity index (χ3v) is 3.65. The van der Waals surface area contributed by atoms with E-state index < -0.39 is 5.41 Å². The van der Waals surface area contributed by atoms with Crippen molar-refractivity contribution in [2.75, 3.05) is 30.3 Å². The largest absolute Gasteiger partial charge is 0.381 e. The molecule has 1 fully saturated rings. The Balaban J connectivity index is 1.88. The second kappa shape index (κ2) is 3.88. The first-order chi connectivity index (χ1) is 8.75. The molecule has 1 atom stereocenters. The molecule has 3 heterocycles. The molecule has 1 saturated heterocycles. The molecule has 1 amide bonds. The standard InChI is InChI=1S/C12H13N5O/c13-8-17-5-3-12(11(17)18)6-15-9-2-1-4-14-10(9)16-7-12/h1-2,4,15H,3,5-7H2,(H,14,16). The predicted octanol–water partition coefficient (Wildman–Crippen LogP) is 0.619. The van der Waals surface area contributed by atoms with Gasteiger partial charge in [-0.05, 0) is 18.6 Å². The van der Waals surface area contributed by atoms with E-state index >= 15 is 0 Å². The monoisotopic (exact) mass is 243 g/mol. The minimum absolute atomic E-state index is 0.0993. The molecule has 1 aromatic heterocycles. The molecule has 3 rings (SSSR count). The van der Waals surface area contributed by atoms with Crippen molar-refractivity contribution in [3.8, 4) is 6.19 Å². The third-order valence-electron chi connectivity index (χ3n) is 3.65. The van der Waals surface area contributed by atoms with Gasteiger partial charge in [0.2, 0.25) is 5.91 Å². The highest BCUT2D eigenvalue weighted by Gasteiger charge is 2.47. The van der Waals surface area contributed by atoms with Crippen molar-refractivity contribution in [2.45, 2.75) is 6.42 Å². The van der Waals surface area contributed by atoms with Crippen LogP contribution in [-0.4, -0.2) is 35.4 Å². The van der Waals surface area contributed by atoms with E-state index in [1.165, 1.54) is 4.90 Å². The van der Waals surface area contributed by atoms with Crippen molar-refractivity contribution in [1.82, 2.24) is 9.88 Å². The zero-order valence-corrected chi connectivity index (χ0v) is 9.81. The highest BCUT2D eigenvalue weighted by atomic mass is 16.2. The van der Waals surface area contributed by atoms with Gasteiger partial charge in [0.25, 0.3) is 0 Å². The molecule has 0 radical (unpaired) electrons. The summed E-state index contributed by atoms with van der Waals surface area (Å²) < 4.78 is 0. The van der Waals surface area contributed by atoms with Crippen molar-refractivity contribution in [3.63, 3.8) is 0 Å². The molecule has 0 saturated carbocycles. The van der Waals surface area contributed by atoms with Gasteiger partial charge in [-0.2, -0.15) is 5.26 Å². The van der Waals surface area contributed by atoms with Gasteiger partial charge in [0.1, 0.15) is 5.82 Å². The third kappa shape index (κ3) is 1.48. The van der Waals surface area contributed by atoms with Crippen molar-refractivity contribution < 1.29 is 4.79 Å². The molecule has 0 aliphatic carbocycles. The van der Waals surface area contributed by atoms with Gasteiger partial charge < -0.3 is 10.6 Å². The van der Waals surface area contributed by atoms with E-state index in [4.69, 9.17) is 5.26 Å². The van der Waals surface area contributed by atoms with Crippen LogP contribution in [0.3, 0.4) is 0 Å². The fourth-order valence-corrected chi connectivity index (χ4v) is 2.51. The number of pyridine rings is 1. The van der Waals surface area contributed by atoms with Crippen LogP contribution in [0.5, 0.6) is 0 Å². The van der Waals surface area contributed by atoms with Crippen LogP contribution in [-0.2, 0) is 4.79 Å². The van der Waals surface area contributed by atoms with Crippen LogP contribution in [0.25, 0.3) is 0 Å². The lowest BCUT2D eigenvalue weighted by atomic mass is 9.86. The van der Waals surface area contributed by atoms with Crippen LogP contribution in [0.15, 0.2) is 18.3 Å². The summed E-state index contributed by atoms with van der Waals surface area (Å²) in [4.78, 5) is 17.7. The molecule has 0 bridgehead atoms. The van der Waals surface area contributed by atoms with E-state index in [-0.39, 0.29) is 5.91 Å². The van der Waals surface area contributed by atoms with Crippen LogP contribution in [0.1, 0.15) is 6.42 Å². The summed E-state index contributed by atoms with van der Waals surface area (Å²) in [6.45, 7) is 1.55. The molecule has 1 unspecified atom stereocenters. The zero-order valence-electron chi connectivity index (χ0n) is 9.81. The van der Waals surface area contributed by atoms with Crippen LogP contribution in [0.2, 0.25) is 0 Å². The van der Waals surface area contributed by atoms with Crippen molar-refractivity contribution in [2.24, 2.45) is 5.41 Å². The average molecular weight is 243 g/mol. The normalized spacial score (nSPS) is 25.9. The molecule has 2 N–H and O–H groups in total. The lowest BCUT2D eigenvalue weighted by Gasteiger charge is -2.24. The quantitative estimate of drug-likeness (QED) is 0.653. The van der Waals surface area contributed by atoms with Crippen LogP contribution in [0, 0.1) is 16.9 Å². The van der Waals surface area contributed by atoms with Crippen molar-refractivity contribution in [1.29, 1.82) is 5.26 Å². The minimum Gasteiger partial charge on any atom is -0.381 e. The Morgan fingerprint density at radius 3 is 3.06 bits per heavy atom. The first-order valence-electron chi connectivity index (χ1n) is 5.90. The number of hydrogen-bond acceptors (Lipinski definition) is 5. The minimum atomic E-state index is -0.531. The number of likely N-dealkylation sites (tertiary alicyclic amines) is 1. The molecule has 2 aliphatic rings. The average Bonchev–Trinajstić information content (AvgIpc) is 2.60. The van der Waals surface area contributed by atoms with E-state index in [1.807, 2.05) is 18.3 Å². The number of anilines is 2. The van der Waals surface area contributed by atoms with E-state index in [2.05, 4.69) is 15.6 Å². The lowest BCUT2D eigenvalue weighted by Crippen LogP contribution is -2.41. The van der Waals surface area contributed by atoms with E-state index in [1.54, 1.807) is 6.20 Å². The Labute approximate surface area is 105 Å². The highest BCUT2D eigenvalue weighted by Crippen LogP contribution is 2.35. The molecule has 18 heavy (non-hydrogen) atoms. The van der Waals surface area contributed by atoms with Crippen LogP contribution < -0.4 is 10.6 Å². The van der Waals surface area contributed by atoms with Gasteiger partial charge >= 0.3 is 0 Å². The van der Waals surface area contributed by atoms with Gasteiger partial charge in [0.15, 0.2) is 6.19 Å². The summed E-state index contributed by atoms with van der Waals surface area (Å²) in [7, 11) is 0. The first-order valence-corrected chi connectivity index (χ1v) is 5.90. The fourth-order valence-electron chi connectivity index (χ4n) is 2.51. The van der Waals surface area contributed by atoms with Gasteiger partial charge in [-0.15, -0.1) is 0 Å². The molecular weight excluding hydrogens is 230 g/mol. The van der Waals surface area contributed by atoms with Gasteiger partial charge in [-0.3, -0.25) is 4.79 Å². The van der Waals surface area contributed by atoms with E-state index in [9.17, 15) is 4.79 Å². The zero-order chi connectivity index (χ0) is 12.6. The van der Waals surface area contributed by atoms with Gasteiger partial charge in [-0.25, -0.2) is 9.88 Å². The Morgan fingerprint density at radius 1 is 1.44 bits per heavy atom. The maximum absolute atomic E-state index is 12.2. The Hall–Kier alpha value is -2.29. The van der Waals surface area contributed by atoms with Crippen LogP contribution in [0.4, 0.5) is 11.5 Å². The van der Waals surface area contributed by atoms with Gasteiger partial charge in [0, 0.05) is 25.8 Å². The van der Waals surface area contributed by atoms with E-state index in [0.29, 0.717) is 26.1 Å². The van der Waals surface area contributed by atoms with Crippen molar-refractivity contribution >= 4 is 17.4 Å². The number of carbonyl (C=O) groups excluding carboxylic acids is 1. The predicted molar refractivity (Wildman–Crippen MR) is 65.6 cm³/mol. The number of rotatable bonds is 0. The molecule has 2 aliphatic heterocycles. The maximum Gasteiger partial charge on any atom is 0.245 e. The summed E-state index contributed by atoms with van der Waals surface area (Å²) >= 11 is 0. The molecule has 6 nitrogen and oxygen atoms in total. The first kappa shape index (κ1) is 10.8. The number of nitrogens with one attached hydrogen (secondary N) is 2. The van der Waals surface area contributed by atoms with Crippen LogP contribution >= 0.6 is 0 Å². The number of carbonyl (C=O) groups is 1. The number of fused-ring (bicyclic) bond motifs is 1. The Morgan fingerprint density at radius 2 is 2.28 bits per heavy atom. The fraction of sp³-hybridized carbons (Fsp3) is 0.417. The van der Waals surface area contributed by atoms with Gasteiger partial charge in [0.05, 0.1) is 11.1 Å². The summed E-state index contributed by atoms with van der Waals surface area (Å²) in [5.74, 6) is 0.662. The van der Waals surface area contributed by atoms with E-state index in [0.717, 1.165) is 11.5 Å². The molecule has 6 heteroatoms. The molecule has 92 valence electrons. The molecule has 1 spiro atoms. The number of nitriles is 1. The second-order valence-electron chi connectivity index (χ2n) is 4.69. The number of aromatic nitrogens is 1. The van der Waals surface area contributed by atoms with Gasteiger partial charge in [-0.1, -0.05) is 0 Å². The number of amides is 1. The summed E-state index contributed by atoms with van der Waals surface area (Å²) in [6, 6.07) is 3.78. The van der Waals surface area contributed by atoms with Crippen molar-refractivity contribution in [3.05, 3.63) is 18.3 Å². The topological polar surface area (TPSA) is 81.1 Å². The Kier molecular flexibility index (Phi) is 2.33. The summed E-state index contributed by atoms with van der Waals surface area (Å²) in [6.07, 6.45) is 4.34. The lowest BCUT2D eigenvalue weighted by molar-refractivity contribution is -0.132. The summed E-state index contributed by atoms with van der Waals surface area (Å²) in [5.41, 5.74) is 0.369. The highest BCUT2D eigenvalue weighted by molar-refractivity contribution is 5.88. The smallest absolute Gasteiger partial charge is 0.245 e. The maximum atomic E-state index is 12.2.